The number of aliphatic hydroxyl groups is 1. The second-order valence-corrected chi connectivity index (χ2v) is 7.39. The molecule has 10 heteroatoms. The van der Waals surface area contributed by atoms with Crippen LogP contribution >= 0.6 is 0 Å². The van der Waals surface area contributed by atoms with E-state index in [0.717, 1.165) is 31.3 Å². The van der Waals surface area contributed by atoms with Gasteiger partial charge in [-0.15, -0.1) is 0 Å². The van der Waals surface area contributed by atoms with Gasteiger partial charge in [-0.3, -0.25) is 0 Å². The lowest BCUT2D eigenvalue weighted by molar-refractivity contribution is 0.188. The maximum Gasteiger partial charge on any atom is 0.253 e. The van der Waals surface area contributed by atoms with Gasteiger partial charge in [0.25, 0.3) is 5.95 Å². The fourth-order valence-electron chi connectivity index (χ4n) is 3.43. The molecule has 3 aromatic heterocycles. The van der Waals surface area contributed by atoms with Gasteiger partial charge in [0.2, 0.25) is 0 Å². The minimum absolute atomic E-state index is 0.194. The van der Waals surface area contributed by atoms with E-state index in [0.29, 0.717) is 11.8 Å². The Morgan fingerprint density at radius 2 is 1.86 bits per heavy atom. The van der Waals surface area contributed by atoms with Crippen LogP contribution in [0.4, 0.5) is 11.6 Å². The number of hydrogen-bond donors (Lipinski definition) is 1. The van der Waals surface area contributed by atoms with Gasteiger partial charge in [0.15, 0.2) is 5.82 Å². The molecule has 1 fully saturated rings. The summed E-state index contributed by atoms with van der Waals surface area (Å²) < 4.78 is 1.55. The molecule has 0 aliphatic carbocycles. The minimum atomic E-state index is -0.694. The lowest BCUT2D eigenvalue weighted by atomic mass is 9.98. The zero-order valence-electron chi connectivity index (χ0n) is 16.1. The average molecular weight is 381 g/mol. The van der Waals surface area contributed by atoms with Gasteiger partial charge >= 0.3 is 0 Å². The third-order valence-electron chi connectivity index (χ3n) is 4.79. The van der Waals surface area contributed by atoms with Crippen molar-refractivity contribution in [2.24, 2.45) is 0 Å². The summed E-state index contributed by atoms with van der Waals surface area (Å²) in [6, 6.07) is 3.79. The number of hydrogen-bond acceptors (Lipinski definition) is 9. The molecule has 0 bridgehead atoms. The van der Waals surface area contributed by atoms with Gasteiger partial charge in [0.05, 0.1) is 5.54 Å². The second-order valence-electron chi connectivity index (χ2n) is 7.39. The first-order valence-electron chi connectivity index (χ1n) is 9.16. The minimum Gasteiger partial charge on any atom is -0.385 e. The van der Waals surface area contributed by atoms with E-state index in [1.807, 2.05) is 12.1 Å². The van der Waals surface area contributed by atoms with Gasteiger partial charge in [-0.2, -0.15) is 14.8 Å². The van der Waals surface area contributed by atoms with Crippen LogP contribution in [0.15, 0.2) is 37.2 Å². The summed E-state index contributed by atoms with van der Waals surface area (Å²) in [6.07, 6.45) is 5.78. The predicted octanol–water partition coefficient (Wildman–Crippen LogP) is 1.01. The van der Waals surface area contributed by atoms with Crippen molar-refractivity contribution in [3.05, 3.63) is 43.0 Å². The summed E-state index contributed by atoms with van der Waals surface area (Å²) in [6.45, 7) is 8.32. The number of piperazine rings is 1. The Hall–Kier alpha value is -3.14. The van der Waals surface area contributed by atoms with Crippen LogP contribution in [-0.4, -0.2) is 65.0 Å². The van der Waals surface area contributed by atoms with Crippen LogP contribution < -0.4 is 9.80 Å². The molecule has 1 N–H and O–H groups in total. The van der Waals surface area contributed by atoms with Crippen LogP contribution in [0.5, 0.6) is 0 Å². The molecule has 3 aromatic rings. The van der Waals surface area contributed by atoms with E-state index in [-0.39, 0.29) is 5.54 Å². The van der Waals surface area contributed by atoms with E-state index in [1.54, 1.807) is 30.3 Å². The molecule has 0 amide bonds. The molecule has 0 radical (unpaired) electrons. The Balaban J connectivity index is 1.56. The molecule has 1 aliphatic heterocycles. The fourth-order valence-corrected chi connectivity index (χ4v) is 3.43. The number of aromatic nitrogens is 7. The first kappa shape index (κ1) is 18.2. The third kappa shape index (κ3) is 3.50. The normalized spacial score (nSPS) is 17.6. The predicted molar refractivity (Wildman–Crippen MR) is 103 cm³/mol. The first-order chi connectivity index (χ1) is 13.4. The van der Waals surface area contributed by atoms with Gasteiger partial charge < -0.3 is 14.9 Å². The van der Waals surface area contributed by atoms with E-state index in [9.17, 15) is 5.11 Å². The quantitative estimate of drug-likeness (QED) is 0.708. The molecule has 1 saturated heterocycles. The van der Waals surface area contributed by atoms with Crippen molar-refractivity contribution in [1.29, 1.82) is 0 Å². The van der Waals surface area contributed by atoms with Crippen LogP contribution in [-0.2, 0) is 0 Å². The summed E-state index contributed by atoms with van der Waals surface area (Å²) in [5.74, 6) is 2.60. The summed E-state index contributed by atoms with van der Waals surface area (Å²) in [5.41, 5.74) is -0.194. The number of aliphatic hydroxyl groups excluding tert-OH is 1. The van der Waals surface area contributed by atoms with Crippen molar-refractivity contribution in [2.45, 2.75) is 32.4 Å². The zero-order valence-corrected chi connectivity index (χ0v) is 16.1. The highest BCUT2D eigenvalue weighted by atomic mass is 16.3. The lowest BCUT2D eigenvalue weighted by Gasteiger charge is -2.48. The molecular formula is C18H23N9O. The van der Waals surface area contributed by atoms with Gasteiger partial charge in [0, 0.05) is 32.0 Å². The highest BCUT2D eigenvalue weighted by molar-refractivity contribution is 5.48. The van der Waals surface area contributed by atoms with E-state index in [4.69, 9.17) is 0 Å². The van der Waals surface area contributed by atoms with Crippen molar-refractivity contribution in [3.63, 3.8) is 0 Å². The number of rotatable bonds is 4. The van der Waals surface area contributed by atoms with Gasteiger partial charge in [-0.25, -0.2) is 19.9 Å². The molecule has 0 unspecified atom stereocenters. The Morgan fingerprint density at radius 3 is 2.57 bits per heavy atom. The molecule has 0 saturated carbocycles. The third-order valence-corrected chi connectivity index (χ3v) is 4.79. The maximum absolute atomic E-state index is 9.79. The molecule has 4 heterocycles. The lowest BCUT2D eigenvalue weighted by Crippen LogP contribution is -2.60. The van der Waals surface area contributed by atoms with Crippen LogP contribution in [0.1, 0.15) is 32.7 Å². The van der Waals surface area contributed by atoms with E-state index in [1.165, 1.54) is 6.33 Å². The molecule has 0 spiro atoms. The van der Waals surface area contributed by atoms with Crippen molar-refractivity contribution in [1.82, 2.24) is 34.7 Å². The Labute approximate surface area is 162 Å². The zero-order chi connectivity index (χ0) is 19.7. The Morgan fingerprint density at radius 1 is 1.07 bits per heavy atom. The van der Waals surface area contributed by atoms with E-state index >= 15 is 0 Å². The van der Waals surface area contributed by atoms with Crippen molar-refractivity contribution < 1.29 is 5.11 Å². The number of nitrogens with zero attached hydrogens (tertiary/aromatic N) is 9. The average Bonchev–Trinajstić information content (AvgIpc) is 3.22. The summed E-state index contributed by atoms with van der Waals surface area (Å²) in [5, 5.41) is 13.9. The monoisotopic (exact) mass is 381 g/mol. The van der Waals surface area contributed by atoms with E-state index < -0.39 is 6.10 Å². The first-order valence-corrected chi connectivity index (χ1v) is 9.16. The molecule has 28 heavy (non-hydrogen) atoms. The Kier molecular flexibility index (Phi) is 4.63. The van der Waals surface area contributed by atoms with Crippen molar-refractivity contribution in [3.8, 4) is 5.95 Å². The van der Waals surface area contributed by atoms with Gasteiger partial charge in [-0.05, 0) is 32.9 Å². The molecular weight excluding hydrogens is 358 g/mol. The van der Waals surface area contributed by atoms with Gasteiger partial charge in [-0.1, -0.05) is 0 Å². The second kappa shape index (κ2) is 7.12. The van der Waals surface area contributed by atoms with Crippen LogP contribution in [0.25, 0.3) is 5.95 Å². The molecule has 146 valence electrons. The standard InChI is InChI=1S/C18H23N9O/c1-13(28)16-20-6-5-15(23-16)26-9-8-25(10-18(26,2)3)14-4-7-21-17(24-14)27-12-19-11-22-27/h4-7,11-13,28H,8-10H2,1-3H3/t13-/m1/s1. The summed E-state index contributed by atoms with van der Waals surface area (Å²) in [4.78, 5) is 26.0. The number of anilines is 2. The summed E-state index contributed by atoms with van der Waals surface area (Å²) >= 11 is 0. The molecule has 1 atom stereocenters. The van der Waals surface area contributed by atoms with Crippen LogP contribution in [0.3, 0.4) is 0 Å². The van der Waals surface area contributed by atoms with Crippen molar-refractivity contribution >= 4 is 11.6 Å². The fraction of sp³-hybridized carbons (Fsp3) is 0.444. The SMILES string of the molecule is C[C@@H](O)c1nccc(N2CCN(c3ccnc(-n4cncn4)n3)CC2(C)C)n1. The largest absolute Gasteiger partial charge is 0.385 e. The summed E-state index contributed by atoms with van der Waals surface area (Å²) in [7, 11) is 0. The van der Waals surface area contributed by atoms with Crippen LogP contribution in [0, 0.1) is 0 Å². The van der Waals surface area contributed by atoms with Crippen LogP contribution in [0.2, 0.25) is 0 Å². The van der Waals surface area contributed by atoms with E-state index in [2.05, 4.69) is 53.7 Å². The highest BCUT2D eigenvalue weighted by Gasteiger charge is 2.35. The molecule has 4 rings (SSSR count). The van der Waals surface area contributed by atoms with Crippen molar-refractivity contribution in [2.75, 3.05) is 29.4 Å². The smallest absolute Gasteiger partial charge is 0.253 e. The topological polar surface area (TPSA) is 109 Å². The highest BCUT2D eigenvalue weighted by Crippen LogP contribution is 2.29. The maximum atomic E-state index is 9.79. The molecule has 10 nitrogen and oxygen atoms in total. The molecule has 0 aromatic carbocycles. The molecule has 1 aliphatic rings. The van der Waals surface area contributed by atoms with Gasteiger partial charge in [0.1, 0.15) is 30.4 Å². The Bertz CT molecular complexity index is 942.